The maximum Gasteiger partial charge on any atom is 0.177 e. The number of imidazole rings is 1. The summed E-state index contributed by atoms with van der Waals surface area (Å²) in [4.78, 5) is 17.5. The number of hydrogen-bond acceptors (Lipinski definition) is 6. The second kappa shape index (κ2) is 10.1. The van der Waals surface area contributed by atoms with Crippen LogP contribution < -0.4 is 5.32 Å². The molecule has 0 aliphatic rings. The molecular weight excluding hydrogens is 528 g/mol. The first-order valence-electron chi connectivity index (χ1n) is 12.6. The Morgan fingerprint density at radius 1 is 0.850 bits per heavy atom. The summed E-state index contributed by atoms with van der Waals surface area (Å²) in [6, 6.07) is 20.2. The zero-order valence-corrected chi connectivity index (χ0v) is 21.8. The number of fused-ring (bicyclic) bond motifs is 2. The lowest BCUT2D eigenvalue weighted by atomic mass is 10.0. The summed E-state index contributed by atoms with van der Waals surface area (Å²) in [5.41, 5.74) is 6.25. The molecule has 7 nitrogen and oxygen atoms in total. The van der Waals surface area contributed by atoms with Crippen molar-refractivity contribution in [1.29, 1.82) is 0 Å². The highest BCUT2D eigenvalue weighted by atomic mass is 32.1. The van der Waals surface area contributed by atoms with Gasteiger partial charge in [0, 0.05) is 54.3 Å². The fraction of sp³-hybridized carbons (Fsp3) is 0.0667. The van der Waals surface area contributed by atoms with Gasteiger partial charge < -0.3 is 10.3 Å². The van der Waals surface area contributed by atoms with E-state index in [1.54, 1.807) is 30.7 Å². The number of rotatable bonds is 7. The van der Waals surface area contributed by atoms with E-state index < -0.39 is 0 Å². The Balaban J connectivity index is 1.22. The lowest BCUT2D eigenvalue weighted by Crippen LogP contribution is -2.12. The quantitative estimate of drug-likeness (QED) is 0.202. The summed E-state index contributed by atoms with van der Waals surface area (Å²) < 4.78 is 29.0. The van der Waals surface area contributed by atoms with Gasteiger partial charge >= 0.3 is 0 Å². The number of H-pyrrole nitrogens is 2. The molecule has 0 amide bonds. The van der Waals surface area contributed by atoms with E-state index in [9.17, 15) is 4.39 Å². The maximum absolute atomic E-state index is 15.3. The number of halogens is 2. The van der Waals surface area contributed by atoms with Crippen LogP contribution in [0.15, 0.2) is 85.3 Å². The highest BCUT2D eigenvalue weighted by Gasteiger charge is 2.19. The highest BCUT2D eigenvalue weighted by molar-refractivity contribution is 7.13. The predicted octanol–water partition coefficient (Wildman–Crippen LogP) is 6.86. The largest absolute Gasteiger partial charge is 0.336 e. The molecule has 10 heteroatoms. The van der Waals surface area contributed by atoms with Gasteiger partial charge in [-0.05, 0) is 41.5 Å². The molecule has 0 radical (unpaired) electrons. The molecule has 0 aliphatic carbocycles. The zero-order valence-electron chi connectivity index (χ0n) is 21.0. The molecule has 7 rings (SSSR count). The summed E-state index contributed by atoms with van der Waals surface area (Å²) in [6.45, 7) is 1.32. The highest BCUT2D eigenvalue weighted by Crippen LogP contribution is 2.35. The SMILES string of the molecule is Fc1ccc(-c2nccc3[nH]c(-c4n[nH]c5cc(F)c(-c6cncc(CNCc7ccccc7)c6)cc45)nc23)s1. The molecule has 0 spiro atoms. The Bertz CT molecular complexity index is 1980. The second-order valence-corrected chi connectivity index (χ2v) is 10.4. The number of benzene rings is 2. The van der Waals surface area contributed by atoms with Gasteiger partial charge in [0.15, 0.2) is 11.0 Å². The van der Waals surface area contributed by atoms with Crippen LogP contribution in [0, 0.1) is 10.9 Å². The van der Waals surface area contributed by atoms with Crippen molar-refractivity contribution in [3.8, 4) is 33.2 Å². The van der Waals surface area contributed by atoms with Crippen molar-refractivity contribution in [2.75, 3.05) is 0 Å². The van der Waals surface area contributed by atoms with E-state index in [2.05, 4.69) is 42.6 Å². The molecule has 0 saturated carbocycles. The van der Waals surface area contributed by atoms with E-state index in [4.69, 9.17) is 4.98 Å². The van der Waals surface area contributed by atoms with Crippen molar-refractivity contribution in [2.24, 2.45) is 0 Å². The molecule has 2 aromatic carbocycles. The lowest BCUT2D eigenvalue weighted by Gasteiger charge is -2.08. The number of aromatic nitrogens is 6. The Hall–Kier alpha value is -4.80. The van der Waals surface area contributed by atoms with Crippen LogP contribution in [0.2, 0.25) is 0 Å². The third-order valence-electron chi connectivity index (χ3n) is 6.69. The molecule has 0 fully saturated rings. The molecule has 0 saturated heterocycles. The minimum Gasteiger partial charge on any atom is -0.336 e. The first-order chi connectivity index (χ1) is 19.6. The molecule has 3 N–H and O–H groups in total. The predicted molar refractivity (Wildman–Crippen MR) is 152 cm³/mol. The summed E-state index contributed by atoms with van der Waals surface area (Å²) in [7, 11) is 0. The van der Waals surface area contributed by atoms with E-state index in [0.717, 1.165) is 29.0 Å². The van der Waals surface area contributed by atoms with Crippen molar-refractivity contribution in [2.45, 2.75) is 13.1 Å². The molecule has 5 aromatic heterocycles. The molecule has 40 heavy (non-hydrogen) atoms. The van der Waals surface area contributed by atoms with Gasteiger partial charge in [0.05, 0.1) is 15.9 Å². The monoisotopic (exact) mass is 549 g/mol. The second-order valence-electron chi connectivity index (χ2n) is 9.37. The standard InChI is InChI=1S/C30H21F2N7S/c31-22-12-24-21(11-20(22)19-10-18(15-34-16-19)14-33-13-17-4-2-1-3-5-17)27(39-38-24)30-36-23-8-9-35-29(28(23)37-30)25-6-7-26(32)40-25/h1-12,15-16,33H,13-14H2,(H,36,37)(H,38,39). The third kappa shape index (κ3) is 4.53. The zero-order chi connectivity index (χ0) is 27.1. The number of hydrogen-bond donors (Lipinski definition) is 3. The van der Waals surface area contributed by atoms with Crippen molar-refractivity contribution < 1.29 is 8.78 Å². The van der Waals surface area contributed by atoms with Gasteiger partial charge in [0.1, 0.15) is 22.7 Å². The van der Waals surface area contributed by atoms with E-state index in [-0.39, 0.29) is 10.9 Å². The van der Waals surface area contributed by atoms with E-state index >= 15 is 4.39 Å². The van der Waals surface area contributed by atoms with Gasteiger partial charge in [-0.15, -0.1) is 11.3 Å². The smallest absolute Gasteiger partial charge is 0.177 e. The third-order valence-corrected chi connectivity index (χ3v) is 7.57. The normalized spacial score (nSPS) is 11.6. The Labute approximate surface area is 231 Å². The van der Waals surface area contributed by atoms with Crippen molar-refractivity contribution >= 4 is 33.3 Å². The van der Waals surface area contributed by atoms with Crippen molar-refractivity contribution in [3.63, 3.8) is 0 Å². The number of nitrogens with one attached hydrogen (secondary N) is 3. The molecule has 0 atom stereocenters. The first kappa shape index (κ1) is 24.3. The van der Waals surface area contributed by atoms with Crippen LogP contribution in [-0.4, -0.2) is 30.1 Å². The van der Waals surface area contributed by atoms with Crippen LogP contribution >= 0.6 is 11.3 Å². The average molecular weight is 550 g/mol. The molecular formula is C30H21F2N7S. The van der Waals surface area contributed by atoms with E-state index in [1.165, 1.54) is 17.7 Å². The average Bonchev–Trinajstić information content (AvgIpc) is 3.71. The molecule has 7 aromatic rings. The molecule has 0 unspecified atom stereocenters. The number of nitrogens with zero attached hydrogens (tertiary/aromatic N) is 4. The van der Waals surface area contributed by atoms with Gasteiger partial charge in [-0.3, -0.25) is 15.1 Å². The number of pyridine rings is 2. The summed E-state index contributed by atoms with van der Waals surface area (Å²) >= 11 is 1.01. The minimum atomic E-state index is -0.380. The fourth-order valence-electron chi connectivity index (χ4n) is 4.79. The first-order valence-corrected chi connectivity index (χ1v) is 13.4. The Morgan fingerprint density at radius 2 is 1.73 bits per heavy atom. The van der Waals surface area contributed by atoms with Gasteiger partial charge in [-0.2, -0.15) is 9.49 Å². The molecule has 196 valence electrons. The lowest BCUT2D eigenvalue weighted by molar-refractivity contribution is 0.632. The maximum atomic E-state index is 15.3. The van der Waals surface area contributed by atoms with Crippen LogP contribution in [0.1, 0.15) is 11.1 Å². The Morgan fingerprint density at radius 3 is 2.58 bits per heavy atom. The van der Waals surface area contributed by atoms with Crippen LogP contribution in [-0.2, 0) is 13.1 Å². The van der Waals surface area contributed by atoms with Gasteiger partial charge in [0.2, 0.25) is 0 Å². The van der Waals surface area contributed by atoms with Gasteiger partial charge in [-0.25, -0.2) is 9.37 Å². The van der Waals surface area contributed by atoms with Crippen LogP contribution in [0.25, 0.3) is 55.2 Å². The number of thiophene rings is 1. The van der Waals surface area contributed by atoms with Crippen LogP contribution in [0.5, 0.6) is 0 Å². The molecule has 0 aliphatic heterocycles. The van der Waals surface area contributed by atoms with Gasteiger partial charge in [0.25, 0.3) is 0 Å². The van der Waals surface area contributed by atoms with Crippen LogP contribution in [0.3, 0.4) is 0 Å². The van der Waals surface area contributed by atoms with Gasteiger partial charge in [-0.1, -0.05) is 30.3 Å². The topological polar surface area (TPSA) is 95.2 Å². The Kier molecular flexibility index (Phi) is 6.10. The molecule has 5 heterocycles. The minimum absolute atomic E-state index is 0.289. The van der Waals surface area contributed by atoms with Crippen molar-refractivity contribution in [1.82, 2.24) is 35.5 Å². The van der Waals surface area contributed by atoms with Crippen molar-refractivity contribution in [3.05, 3.63) is 107 Å². The molecule has 0 bridgehead atoms. The van der Waals surface area contributed by atoms with Crippen LogP contribution in [0.4, 0.5) is 8.78 Å². The van der Waals surface area contributed by atoms with E-state index in [1.807, 2.05) is 30.3 Å². The summed E-state index contributed by atoms with van der Waals surface area (Å²) in [6.07, 6.45) is 5.09. The van der Waals surface area contributed by atoms with E-state index in [0.29, 0.717) is 56.2 Å². The summed E-state index contributed by atoms with van der Waals surface area (Å²) in [5.74, 6) is 0.122. The fourth-order valence-corrected chi connectivity index (χ4v) is 5.52. The summed E-state index contributed by atoms with van der Waals surface area (Å²) in [5, 5.41) is 11.2. The number of aromatic amines is 2.